The van der Waals surface area contributed by atoms with E-state index in [-0.39, 0.29) is 16.1 Å². The molecule has 17 heavy (non-hydrogen) atoms. The van der Waals surface area contributed by atoms with Gasteiger partial charge >= 0.3 is 0 Å². The first-order valence-electron chi connectivity index (χ1n) is 4.82. The van der Waals surface area contributed by atoms with Crippen molar-refractivity contribution in [2.45, 2.75) is 24.8 Å². The Morgan fingerprint density at radius 1 is 1.53 bits per heavy atom. The fourth-order valence-corrected chi connectivity index (χ4v) is 2.37. The minimum atomic E-state index is -3.85. The molecule has 0 heterocycles. The van der Waals surface area contributed by atoms with Crippen molar-refractivity contribution in [2.75, 3.05) is 5.73 Å². The molecule has 1 rings (SSSR count). The van der Waals surface area contributed by atoms with Crippen molar-refractivity contribution in [1.29, 1.82) is 0 Å². The molecule has 4 nitrogen and oxygen atoms in total. The second kappa shape index (κ2) is 4.73. The van der Waals surface area contributed by atoms with Crippen LogP contribution < -0.4 is 10.5 Å². The number of benzene rings is 1. The number of nitrogens with one attached hydrogen (secondary N) is 1. The van der Waals surface area contributed by atoms with Gasteiger partial charge in [-0.15, -0.1) is 6.42 Å². The summed E-state index contributed by atoms with van der Waals surface area (Å²) in [6.45, 7) is 2.98. The van der Waals surface area contributed by atoms with E-state index in [1.54, 1.807) is 0 Å². The van der Waals surface area contributed by atoms with Crippen LogP contribution in [-0.4, -0.2) is 14.5 Å². The van der Waals surface area contributed by atoms with Crippen molar-refractivity contribution in [2.24, 2.45) is 0 Å². The zero-order valence-electron chi connectivity index (χ0n) is 9.49. The number of hydrogen-bond acceptors (Lipinski definition) is 3. The number of nitrogens with two attached hydrogens (primary N) is 1. The summed E-state index contributed by atoms with van der Waals surface area (Å²) in [7, 11) is -3.85. The molecular formula is C11H13FN2O2S. The molecular weight excluding hydrogens is 243 g/mol. The van der Waals surface area contributed by atoms with Gasteiger partial charge in [0.05, 0.1) is 10.9 Å². The molecule has 1 unspecified atom stereocenters. The largest absolute Gasteiger partial charge is 0.398 e. The van der Waals surface area contributed by atoms with E-state index >= 15 is 0 Å². The van der Waals surface area contributed by atoms with E-state index in [0.29, 0.717) is 0 Å². The van der Waals surface area contributed by atoms with Crippen LogP contribution in [0.3, 0.4) is 0 Å². The smallest absolute Gasteiger partial charge is 0.241 e. The number of rotatable bonds is 3. The lowest BCUT2D eigenvalue weighted by atomic mass is 10.2. The molecule has 0 radical (unpaired) electrons. The Bertz CT molecular complexity index is 553. The molecule has 0 fully saturated rings. The fraction of sp³-hybridized carbons (Fsp3) is 0.273. The van der Waals surface area contributed by atoms with Gasteiger partial charge in [0.25, 0.3) is 0 Å². The molecule has 0 amide bonds. The van der Waals surface area contributed by atoms with Gasteiger partial charge in [0, 0.05) is 11.3 Å². The summed E-state index contributed by atoms with van der Waals surface area (Å²) < 4.78 is 39.2. The third-order valence-electron chi connectivity index (χ3n) is 2.25. The first-order valence-corrected chi connectivity index (χ1v) is 6.30. The summed E-state index contributed by atoms with van der Waals surface area (Å²) in [5, 5.41) is 0. The number of terminal acetylenes is 1. The van der Waals surface area contributed by atoms with Crippen LogP contribution in [0.15, 0.2) is 17.0 Å². The SMILES string of the molecule is C#CC(C)NS(=O)(=O)c1cc(N)c(C)c(F)c1. The van der Waals surface area contributed by atoms with Crippen molar-refractivity contribution in [3.05, 3.63) is 23.5 Å². The van der Waals surface area contributed by atoms with Gasteiger partial charge in [-0.25, -0.2) is 12.8 Å². The molecule has 1 aromatic carbocycles. The number of nitrogen functional groups attached to an aromatic ring is 1. The molecule has 3 N–H and O–H groups in total. The first kappa shape index (κ1) is 13.5. The average molecular weight is 256 g/mol. The average Bonchev–Trinajstić information content (AvgIpc) is 2.24. The van der Waals surface area contributed by atoms with Crippen molar-refractivity contribution >= 4 is 15.7 Å². The van der Waals surface area contributed by atoms with E-state index in [4.69, 9.17) is 12.2 Å². The number of halogens is 1. The fourth-order valence-electron chi connectivity index (χ4n) is 1.16. The number of anilines is 1. The Labute approximate surface area is 100 Å². The Kier molecular flexibility index (Phi) is 3.76. The summed E-state index contributed by atoms with van der Waals surface area (Å²) in [4.78, 5) is -0.236. The molecule has 92 valence electrons. The van der Waals surface area contributed by atoms with Gasteiger partial charge in [-0.3, -0.25) is 0 Å². The standard InChI is InChI=1S/C11H13FN2O2S/c1-4-7(2)14-17(15,16)9-5-10(12)8(3)11(13)6-9/h1,5-7,14H,13H2,2-3H3. The minimum absolute atomic E-state index is 0.0822. The first-order chi connectivity index (χ1) is 7.77. The molecule has 0 spiro atoms. The van der Waals surface area contributed by atoms with Gasteiger partial charge in [-0.2, -0.15) is 4.72 Å². The van der Waals surface area contributed by atoms with Crippen LogP contribution >= 0.6 is 0 Å². The quantitative estimate of drug-likeness (QED) is 0.626. The molecule has 0 saturated heterocycles. The minimum Gasteiger partial charge on any atom is -0.398 e. The van der Waals surface area contributed by atoms with Gasteiger partial charge in [0.1, 0.15) is 5.82 Å². The normalized spacial score (nSPS) is 13.1. The van der Waals surface area contributed by atoms with E-state index in [1.165, 1.54) is 19.9 Å². The molecule has 0 aliphatic rings. The highest BCUT2D eigenvalue weighted by molar-refractivity contribution is 7.89. The summed E-state index contributed by atoms with van der Waals surface area (Å²) in [6, 6.07) is 1.44. The molecule has 0 saturated carbocycles. The van der Waals surface area contributed by atoms with Crippen LogP contribution in [0.2, 0.25) is 0 Å². The van der Waals surface area contributed by atoms with Crippen LogP contribution in [0.5, 0.6) is 0 Å². The lowest BCUT2D eigenvalue weighted by Gasteiger charge is -2.11. The topological polar surface area (TPSA) is 72.2 Å². The lowest BCUT2D eigenvalue weighted by molar-refractivity contribution is 0.573. The van der Waals surface area contributed by atoms with Crippen molar-refractivity contribution in [3.8, 4) is 12.3 Å². The Morgan fingerprint density at radius 2 is 2.12 bits per heavy atom. The molecule has 0 aliphatic carbocycles. The molecule has 1 atom stereocenters. The molecule has 0 aromatic heterocycles. The van der Waals surface area contributed by atoms with Gasteiger partial charge in [0.15, 0.2) is 0 Å². The highest BCUT2D eigenvalue weighted by Gasteiger charge is 2.18. The van der Waals surface area contributed by atoms with Crippen molar-refractivity contribution < 1.29 is 12.8 Å². The van der Waals surface area contributed by atoms with Crippen LogP contribution in [0, 0.1) is 25.1 Å². The second-order valence-corrected chi connectivity index (χ2v) is 5.34. The maximum Gasteiger partial charge on any atom is 0.241 e. The van der Waals surface area contributed by atoms with E-state index in [9.17, 15) is 12.8 Å². The van der Waals surface area contributed by atoms with Crippen molar-refractivity contribution in [3.63, 3.8) is 0 Å². The highest BCUT2D eigenvalue weighted by atomic mass is 32.2. The number of hydrogen-bond donors (Lipinski definition) is 2. The Morgan fingerprint density at radius 3 is 2.59 bits per heavy atom. The third-order valence-corrected chi connectivity index (χ3v) is 3.77. The lowest BCUT2D eigenvalue weighted by Crippen LogP contribution is -2.31. The molecule has 6 heteroatoms. The summed E-state index contributed by atoms with van der Waals surface area (Å²) >= 11 is 0. The van der Waals surface area contributed by atoms with E-state index in [2.05, 4.69) is 10.6 Å². The van der Waals surface area contributed by atoms with Crippen LogP contribution in [0.25, 0.3) is 0 Å². The maximum atomic E-state index is 13.4. The molecule has 0 bridgehead atoms. The molecule has 0 aliphatic heterocycles. The van der Waals surface area contributed by atoms with E-state index in [0.717, 1.165) is 6.07 Å². The van der Waals surface area contributed by atoms with E-state index < -0.39 is 21.9 Å². The third kappa shape index (κ3) is 2.96. The molecule has 1 aromatic rings. The summed E-state index contributed by atoms with van der Waals surface area (Å²) in [5.41, 5.74) is 5.81. The summed E-state index contributed by atoms with van der Waals surface area (Å²) in [5.74, 6) is 1.55. The predicted octanol–water partition coefficient (Wildman–Crippen LogP) is 1.02. The van der Waals surface area contributed by atoms with Gasteiger partial charge in [-0.05, 0) is 26.0 Å². The highest BCUT2D eigenvalue weighted by Crippen LogP contribution is 2.20. The Hall–Kier alpha value is -1.58. The van der Waals surface area contributed by atoms with E-state index in [1.807, 2.05) is 0 Å². The monoisotopic (exact) mass is 256 g/mol. The van der Waals surface area contributed by atoms with Crippen LogP contribution in [-0.2, 0) is 10.0 Å². The zero-order valence-corrected chi connectivity index (χ0v) is 10.3. The predicted molar refractivity (Wildman–Crippen MR) is 64.2 cm³/mol. The van der Waals surface area contributed by atoms with Gasteiger partial charge < -0.3 is 5.73 Å². The van der Waals surface area contributed by atoms with Crippen molar-refractivity contribution in [1.82, 2.24) is 4.72 Å². The number of sulfonamides is 1. The van der Waals surface area contributed by atoms with Crippen LogP contribution in [0.4, 0.5) is 10.1 Å². The summed E-state index contributed by atoms with van der Waals surface area (Å²) in [6.07, 6.45) is 5.07. The Balaban J connectivity index is 3.22. The van der Waals surface area contributed by atoms with Gasteiger partial charge in [-0.1, -0.05) is 5.92 Å². The van der Waals surface area contributed by atoms with Gasteiger partial charge in [0.2, 0.25) is 10.0 Å². The zero-order chi connectivity index (χ0) is 13.2. The second-order valence-electron chi connectivity index (χ2n) is 3.63. The van der Waals surface area contributed by atoms with Crippen LogP contribution in [0.1, 0.15) is 12.5 Å². The maximum absolute atomic E-state index is 13.4.